The minimum absolute atomic E-state index is 0.0136. The van der Waals surface area contributed by atoms with Gasteiger partial charge in [-0.25, -0.2) is 0 Å². The predicted molar refractivity (Wildman–Crippen MR) is 121 cm³/mol. The van der Waals surface area contributed by atoms with E-state index in [0.717, 1.165) is 0 Å². The summed E-state index contributed by atoms with van der Waals surface area (Å²) in [6, 6.07) is 9.59. The highest BCUT2D eigenvalue weighted by Crippen LogP contribution is 2.51. The van der Waals surface area contributed by atoms with Crippen molar-refractivity contribution < 1.29 is 32.2 Å². The molecular weight excluding hydrogens is 449 g/mol. The van der Waals surface area contributed by atoms with Crippen LogP contribution in [0.3, 0.4) is 0 Å². The number of fused-ring (bicyclic) bond motifs is 1. The number of Topliss-reactive ketones (excluding diaryl/α,β-unsaturated/α-hetero) is 1. The largest absolute Gasteiger partial charge is 0.493 e. The van der Waals surface area contributed by atoms with Gasteiger partial charge < -0.3 is 14.8 Å². The highest BCUT2D eigenvalue weighted by atomic mass is 19.4. The van der Waals surface area contributed by atoms with E-state index < -0.39 is 23.5 Å². The second-order valence-electron chi connectivity index (χ2n) is 9.13. The molecule has 1 heterocycles. The van der Waals surface area contributed by atoms with Crippen molar-refractivity contribution in [3.05, 3.63) is 59.3 Å². The molecule has 0 saturated heterocycles. The SMILES string of the molecule is COc1cccc([C@@H]2C3=C(CC(C)(C)CC3=O)Nc3ccccc3N2C(=O)C(F)(F)F)c1OC. The van der Waals surface area contributed by atoms with Crippen LogP contribution in [0.15, 0.2) is 53.7 Å². The normalized spacial score (nSPS) is 19.6. The van der Waals surface area contributed by atoms with Crippen molar-refractivity contribution in [2.75, 3.05) is 24.4 Å². The first-order valence-electron chi connectivity index (χ1n) is 10.7. The van der Waals surface area contributed by atoms with Crippen LogP contribution in [-0.2, 0) is 9.59 Å². The van der Waals surface area contributed by atoms with E-state index in [1.807, 2.05) is 13.8 Å². The topological polar surface area (TPSA) is 67.9 Å². The maximum absolute atomic E-state index is 14.0. The molecule has 0 bridgehead atoms. The molecule has 4 rings (SSSR count). The van der Waals surface area contributed by atoms with Crippen LogP contribution in [0.25, 0.3) is 0 Å². The number of rotatable bonds is 3. The van der Waals surface area contributed by atoms with Crippen molar-refractivity contribution >= 4 is 23.1 Å². The summed E-state index contributed by atoms with van der Waals surface area (Å²) in [4.78, 5) is 27.1. The number of methoxy groups -OCH3 is 2. The third-order valence-electron chi connectivity index (χ3n) is 6.09. The van der Waals surface area contributed by atoms with Crippen LogP contribution >= 0.6 is 0 Å². The number of carbonyl (C=O) groups excluding carboxylic acids is 2. The Labute approximate surface area is 195 Å². The van der Waals surface area contributed by atoms with Gasteiger partial charge in [0.15, 0.2) is 17.3 Å². The fourth-order valence-electron chi connectivity index (χ4n) is 4.77. The van der Waals surface area contributed by atoms with Crippen LogP contribution in [0, 0.1) is 5.41 Å². The number of nitrogens with one attached hydrogen (secondary N) is 1. The van der Waals surface area contributed by atoms with E-state index in [2.05, 4.69) is 5.32 Å². The fraction of sp³-hybridized carbons (Fsp3) is 0.360. The maximum atomic E-state index is 14.0. The van der Waals surface area contributed by atoms with Crippen LogP contribution in [-0.4, -0.2) is 32.1 Å². The van der Waals surface area contributed by atoms with E-state index in [1.54, 1.807) is 36.4 Å². The molecule has 2 aliphatic rings. The van der Waals surface area contributed by atoms with Gasteiger partial charge in [0.25, 0.3) is 0 Å². The quantitative estimate of drug-likeness (QED) is 0.645. The maximum Gasteiger partial charge on any atom is 0.471 e. The Balaban J connectivity index is 2.10. The van der Waals surface area contributed by atoms with Gasteiger partial charge in [0, 0.05) is 23.3 Å². The van der Waals surface area contributed by atoms with Gasteiger partial charge in [-0.05, 0) is 30.0 Å². The molecule has 1 N–H and O–H groups in total. The van der Waals surface area contributed by atoms with Gasteiger partial charge in [0.1, 0.15) is 0 Å². The van der Waals surface area contributed by atoms with Crippen LogP contribution < -0.4 is 19.7 Å². The number of benzene rings is 2. The zero-order valence-electron chi connectivity index (χ0n) is 19.2. The lowest BCUT2D eigenvalue weighted by Gasteiger charge is -2.37. The average molecular weight is 474 g/mol. The molecule has 6 nitrogen and oxygen atoms in total. The summed E-state index contributed by atoms with van der Waals surface area (Å²) in [6.07, 6.45) is -4.64. The van der Waals surface area contributed by atoms with E-state index >= 15 is 0 Å². The lowest BCUT2D eigenvalue weighted by molar-refractivity contribution is -0.170. The van der Waals surface area contributed by atoms with E-state index in [0.29, 0.717) is 22.7 Å². The summed E-state index contributed by atoms with van der Waals surface area (Å²) in [7, 11) is 2.77. The van der Waals surface area contributed by atoms with Gasteiger partial charge in [-0.3, -0.25) is 14.5 Å². The van der Waals surface area contributed by atoms with Crippen LogP contribution in [0.5, 0.6) is 11.5 Å². The van der Waals surface area contributed by atoms with Crippen molar-refractivity contribution in [3.8, 4) is 11.5 Å². The van der Waals surface area contributed by atoms with Gasteiger partial charge in [-0.1, -0.05) is 38.1 Å². The Kier molecular flexibility index (Phi) is 5.83. The molecule has 0 unspecified atom stereocenters. The molecule has 0 saturated carbocycles. The number of ether oxygens (including phenoxy) is 2. The van der Waals surface area contributed by atoms with Crippen molar-refractivity contribution in [1.82, 2.24) is 0 Å². The van der Waals surface area contributed by atoms with E-state index in [-0.39, 0.29) is 40.5 Å². The number of hydrogen-bond acceptors (Lipinski definition) is 5. The zero-order valence-corrected chi connectivity index (χ0v) is 19.2. The number of allylic oxidation sites excluding steroid dienone is 1. The Morgan fingerprint density at radius 1 is 1.06 bits per heavy atom. The number of alkyl halides is 3. The molecule has 0 spiro atoms. The summed E-state index contributed by atoms with van der Waals surface area (Å²) in [6.45, 7) is 3.85. The first kappa shape index (κ1) is 23.7. The number of hydrogen-bond donors (Lipinski definition) is 1. The molecule has 1 aliphatic heterocycles. The first-order valence-corrected chi connectivity index (χ1v) is 10.7. The van der Waals surface area contributed by atoms with E-state index in [4.69, 9.17) is 9.47 Å². The number of anilines is 2. The van der Waals surface area contributed by atoms with E-state index in [9.17, 15) is 22.8 Å². The molecular formula is C25H25F3N2O4. The summed E-state index contributed by atoms with van der Waals surface area (Å²) in [5, 5.41) is 3.18. The summed E-state index contributed by atoms with van der Waals surface area (Å²) >= 11 is 0. The highest BCUT2D eigenvalue weighted by Gasteiger charge is 2.51. The van der Waals surface area contributed by atoms with Crippen molar-refractivity contribution in [1.29, 1.82) is 0 Å². The van der Waals surface area contributed by atoms with E-state index in [1.165, 1.54) is 20.3 Å². The second-order valence-corrected chi connectivity index (χ2v) is 9.13. The van der Waals surface area contributed by atoms with Crippen molar-refractivity contribution in [2.24, 2.45) is 5.41 Å². The molecule has 1 atom stereocenters. The fourth-order valence-corrected chi connectivity index (χ4v) is 4.77. The second kappa shape index (κ2) is 8.38. The third kappa shape index (κ3) is 3.99. The van der Waals surface area contributed by atoms with Crippen LogP contribution in [0.2, 0.25) is 0 Å². The Morgan fingerprint density at radius 3 is 2.41 bits per heavy atom. The molecule has 0 aromatic heterocycles. The summed E-state index contributed by atoms with van der Waals surface area (Å²) in [5.41, 5.74) is 0.728. The summed E-state index contributed by atoms with van der Waals surface area (Å²) in [5.74, 6) is -1.99. The highest BCUT2D eigenvalue weighted by molar-refractivity contribution is 6.07. The Morgan fingerprint density at radius 2 is 1.76 bits per heavy atom. The molecule has 2 aromatic rings. The molecule has 0 radical (unpaired) electrons. The zero-order chi connectivity index (χ0) is 24.8. The lowest BCUT2D eigenvalue weighted by atomic mass is 9.73. The Bertz CT molecular complexity index is 1190. The predicted octanol–water partition coefficient (Wildman–Crippen LogP) is 5.41. The minimum atomic E-state index is -5.18. The number of carbonyl (C=O) groups is 2. The number of halogens is 3. The number of amides is 1. The molecule has 180 valence electrons. The minimum Gasteiger partial charge on any atom is -0.493 e. The third-order valence-corrected chi connectivity index (χ3v) is 6.09. The summed E-state index contributed by atoms with van der Waals surface area (Å²) < 4.78 is 52.7. The monoisotopic (exact) mass is 474 g/mol. The molecule has 2 aromatic carbocycles. The average Bonchev–Trinajstić information content (AvgIpc) is 2.90. The number of ketones is 1. The molecule has 1 aliphatic carbocycles. The lowest BCUT2D eigenvalue weighted by Crippen LogP contribution is -2.45. The standard InChI is InChI=1S/C25H25F3N2O4/c1-24(2)12-16-20(18(31)13-24)21(14-8-7-11-19(33-3)22(14)34-4)30(23(32)25(26,27)28)17-10-6-5-9-15(17)29-16/h5-11,21,29H,12-13H2,1-4H3/t21-/m1/s1. The first-order chi connectivity index (χ1) is 16.0. The van der Waals surface area contributed by atoms with Gasteiger partial charge in [0.05, 0.1) is 31.6 Å². The van der Waals surface area contributed by atoms with Gasteiger partial charge in [-0.15, -0.1) is 0 Å². The molecule has 0 fully saturated rings. The smallest absolute Gasteiger partial charge is 0.471 e. The van der Waals surface area contributed by atoms with Crippen LogP contribution in [0.4, 0.5) is 24.5 Å². The number of para-hydroxylation sites is 3. The molecule has 9 heteroatoms. The van der Waals surface area contributed by atoms with Crippen LogP contribution in [0.1, 0.15) is 38.3 Å². The van der Waals surface area contributed by atoms with Gasteiger partial charge in [-0.2, -0.15) is 13.2 Å². The molecule has 1 amide bonds. The van der Waals surface area contributed by atoms with Gasteiger partial charge >= 0.3 is 12.1 Å². The molecule has 34 heavy (non-hydrogen) atoms. The Hall–Kier alpha value is -3.49. The van der Waals surface area contributed by atoms with Crippen molar-refractivity contribution in [2.45, 2.75) is 38.9 Å². The van der Waals surface area contributed by atoms with Crippen molar-refractivity contribution in [3.63, 3.8) is 0 Å². The number of nitrogens with zero attached hydrogens (tertiary/aromatic N) is 1. The van der Waals surface area contributed by atoms with Gasteiger partial charge in [0.2, 0.25) is 0 Å².